The molecular weight excluding hydrogens is 308 g/mol. The Hall–Kier alpha value is -3.42. The van der Waals surface area contributed by atoms with Crippen LogP contribution in [0.15, 0.2) is 59.3 Å². The normalized spacial score (nSPS) is 11.8. The molecule has 122 valence electrons. The molecule has 0 aliphatic carbocycles. The Morgan fingerprint density at radius 1 is 0.750 bits per heavy atom. The van der Waals surface area contributed by atoms with Gasteiger partial charge in [0, 0.05) is 35.9 Å². The van der Waals surface area contributed by atoms with Gasteiger partial charge in [0.1, 0.15) is 0 Å². The second-order valence-electron chi connectivity index (χ2n) is 4.75. The van der Waals surface area contributed by atoms with Gasteiger partial charge in [-0.25, -0.2) is 10.9 Å². The lowest BCUT2D eigenvalue weighted by Crippen LogP contribution is -2.24. The fourth-order valence-electron chi connectivity index (χ4n) is 1.57. The third-order valence-corrected chi connectivity index (χ3v) is 3.06. The molecule has 2 aromatic rings. The van der Waals surface area contributed by atoms with Crippen LogP contribution in [-0.2, 0) is 0 Å². The van der Waals surface area contributed by atoms with E-state index in [-0.39, 0.29) is 11.8 Å². The zero-order valence-corrected chi connectivity index (χ0v) is 13.2. The quantitative estimate of drug-likeness (QED) is 0.640. The standard InChI is InChI=1S/C16H16N6O2/c1-11(19-21-15(23)13-3-7-17-8-4-13)12(2)20-22-16(24)14-5-9-18-10-6-14/h3-10H,1-2H3,(H,21,23)(H,22,24). The van der Waals surface area contributed by atoms with Crippen LogP contribution in [0.1, 0.15) is 34.6 Å². The number of hydrogen-bond donors (Lipinski definition) is 2. The van der Waals surface area contributed by atoms with Crippen molar-refractivity contribution in [1.29, 1.82) is 0 Å². The highest BCUT2D eigenvalue weighted by molar-refractivity contribution is 6.40. The Bertz CT molecular complexity index is 704. The first-order valence-electron chi connectivity index (χ1n) is 7.07. The van der Waals surface area contributed by atoms with E-state index in [9.17, 15) is 9.59 Å². The Balaban J connectivity index is 1.94. The van der Waals surface area contributed by atoms with E-state index in [2.05, 4.69) is 31.0 Å². The van der Waals surface area contributed by atoms with Crippen molar-refractivity contribution in [2.75, 3.05) is 0 Å². The van der Waals surface area contributed by atoms with Crippen LogP contribution < -0.4 is 10.9 Å². The second-order valence-corrected chi connectivity index (χ2v) is 4.75. The Labute approximate surface area is 138 Å². The maximum atomic E-state index is 11.9. The molecular formula is C16H16N6O2. The minimum atomic E-state index is -0.356. The van der Waals surface area contributed by atoms with Gasteiger partial charge in [0.2, 0.25) is 0 Å². The van der Waals surface area contributed by atoms with Crippen LogP contribution in [0, 0.1) is 0 Å². The molecule has 2 amide bonds. The van der Waals surface area contributed by atoms with E-state index in [0.29, 0.717) is 22.6 Å². The van der Waals surface area contributed by atoms with Gasteiger partial charge in [0.25, 0.3) is 11.8 Å². The highest BCUT2D eigenvalue weighted by Crippen LogP contribution is 1.97. The molecule has 0 saturated carbocycles. The molecule has 0 bridgehead atoms. The fraction of sp³-hybridized carbons (Fsp3) is 0.125. The van der Waals surface area contributed by atoms with E-state index in [1.54, 1.807) is 38.1 Å². The van der Waals surface area contributed by atoms with Crippen LogP contribution in [0.25, 0.3) is 0 Å². The maximum absolute atomic E-state index is 11.9. The first-order valence-corrected chi connectivity index (χ1v) is 7.07. The lowest BCUT2D eigenvalue weighted by atomic mass is 10.2. The number of rotatable bonds is 5. The average molecular weight is 324 g/mol. The van der Waals surface area contributed by atoms with Crippen molar-refractivity contribution in [2.24, 2.45) is 10.2 Å². The van der Waals surface area contributed by atoms with Crippen LogP contribution in [0.3, 0.4) is 0 Å². The summed E-state index contributed by atoms with van der Waals surface area (Å²) in [4.78, 5) is 31.4. The number of nitrogens with zero attached hydrogens (tertiary/aromatic N) is 4. The number of hydrazone groups is 2. The predicted octanol–water partition coefficient (Wildman–Crippen LogP) is 1.39. The van der Waals surface area contributed by atoms with Gasteiger partial charge < -0.3 is 0 Å². The number of nitrogens with one attached hydrogen (secondary N) is 2. The molecule has 2 N–H and O–H groups in total. The number of carbonyl (C=O) groups is 2. The molecule has 2 aromatic heterocycles. The molecule has 0 atom stereocenters. The summed E-state index contributed by atoms with van der Waals surface area (Å²) in [6, 6.07) is 6.32. The lowest BCUT2D eigenvalue weighted by molar-refractivity contribution is 0.0946. The number of carbonyl (C=O) groups excluding carboxylic acids is 2. The van der Waals surface area contributed by atoms with Crippen molar-refractivity contribution >= 4 is 23.2 Å². The molecule has 24 heavy (non-hydrogen) atoms. The molecule has 0 aromatic carbocycles. The summed E-state index contributed by atoms with van der Waals surface area (Å²) in [5, 5.41) is 7.91. The molecule has 0 radical (unpaired) electrons. The zero-order chi connectivity index (χ0) is 17.4. The molecule has 0 aliphatic heterocycles. The molecule has 0 aliphatic rings. The highest BCUT2D eigenvalue weighted by atomic mass is 16.2. The summed E-state index contributed by atoms with van der Waals surface area (Å²) < 4.78 is 0. The Kier molecular flexibility index (Phi) is 5.84. The van der Waals surface area contributed by atoms with E-state index in [4.69, 9.17) is 0 Å². The summed E-state index contributed by atoms with van der Waals surface area (Å²) in [6.07, 6.45) is 6.08. The third-order valence-electron chi connectivity index (χ3n) is 3.06. The second kappa shape index (κ2) is 8.28. The van der Waals surface area contributed by atoms with Gasteiger partial charge in [0.05, 0.1) is 11.4 Å². The number of amides is 2. The summed E-state index contributed by atoms with van der Waals surface area (Å²) in [6.45, 7) is 3.34. The van der Waals surface area contributed by atoms with Crippen molar-refractivity contribution < 1.29 is 9.59 Å². The smallest absolute Gasteiger partial charge is 0.267 e. The van der Waals surface area contributed by atoms with Crippen molar-refractivity contribution in [3.63, 3.8) is 0 Å². The van der Waals surface area contributed by atoms with E-state index < -0.39 is 0 Å². The van der Waals surface area contributed by atoms with Gasteiger partial charge in [-0.1, -0.05) is 0 Å². The molecule has 8 nitrogen and oxygen atoms in total. The zero-order valence-electron chi connectivity index (χ0n) is 13.2. The van der Waals surface area contributed by atoms with E-state index in [0.717, 1.165) is 0 Å². The number of aromatic nitrogens is 2. The summed E-state index contributed by atoms with van der Waals surface area (Å²) in [7, 11) is 0. The minimum absolute atomic E-state index is 0.356. The van der Waals surface area contributed by atoms with Crippen molar-refractivity contribution in [1.82, 2.24) is 20.8 Å². The SMILES string of the molecule is CC(=NNC(=O)c1ccncc1)C(C)=NNC(=O)c1ccncc1. The first-order chi connectivity index (χ1) is 11.6. The van der Waals surface area contributed by atoms with Gasteiger partial charge >= 0.3 is 0 Å². The fourth-order valence-corrected chi connectivity index (χ4v) is 1.57. The predicted molar refractivity (Wildman–Crippen MR) is 89.6 cm³/mol. The highest BCUT2D eigenvalue weighted by Gasteiger charge is 2.06. The maximum Gasteiger partial charge on any atom is 0.271 e. The summed E-state index contributed by atoms with van der Waals surface area (Å²) in [5.74, 6) is -0.712. The third kappa shape index (κ3) is 4.80. The Morgan fingerprint density at radius 3 is 1.42 bits per heavy atom. The Morgan fingerprint density at radius 2 is 1.08 bits per heavy atom. The van der Waals surface area contributed by atoms with Crippen LogP contribution in [0.5, 0.6) is 0 Å². The molecule has 0 unspecified atom stereocenters. The van der Waals surface area contributed by atoms with Gasteiger partial charge in [-0.3, -0.25) is 19.6 Å². The molecule has 0 saturated heterocycles. The van der Waals surface area contributed by atoms with E-state index in [1.807, 2.05) is 0 Å². The van der Waals surface area contributed by atoms with Gasteiger partial charge in [-0.15, -0.1) is 0 Å². The van der Waals surface area contributed by atoms with Gasteiger partial charge in [0.15, 0.2) is 0 Å². The van der Waals surface area contributed by atoms with Gasteiger partial charge in [-0.2, -0.15) is 10.2 Å². The minimum Gasteiger partial charge on any atom is -0.267 e. The van der Waals surface area contributed by atoms with Crippen molar-refractivity contribution in [3.05, 3.63) is 60.2 Å². The first kappa shape index (κ1) is 16.9. The molecule has 0 fully saturated rings. The number of pyridine rings is 2. The van der Waals surface area contributed by atoms with Crippen LogP contribution in [0.4, 0.5) is 0 Å². The van der Waals surface area contributed by atoms with Gasteiger partial charge in [-0.05, 0) is 38.1 Å². The van der Waals surface area contributed by atoms with Crippen LogP contribution in [-0.4, -0.2) is 33.2 Å². The molecule has 2 heterocycles. The summed E-state index contributed by atoms with van der Waals surface area (Å²) in [5.41, 5.74) is 6.66. The topological polar surface area (TPSA) is 109 Å². The van der Waals surface area contributed by atoms with Crippen LogP contribution >= 0.6 is 0 Å². The van der Waals surface area contributed by atoms with Crippen molar-refractivity contribution in [3.8, 4) is 0 Å². The van der Waals surface area contributed by atoms with Crippen LogP contribution in [0.2, 0.25) is 0 Å². The number of hydrogen-bond acceptors (Lipinski definition) is 6. The monoisotopic (exact) mass is 324 g/mol. The molecule has 2 rings (SSSR count). The van der Waals surface area contributed by atoms with E-state index >= 15 is 0 Å². The lowest BCUT2D eigenvalue weighted by Gasteiger charge is -2.03. The molecule has 0 spiro atoms. The van der Waals surface area contributed by atoms with E-state index in [1.165, 1.54) is 24.8 Å². The van der Waals surface area contributed by atoms with Crippen molar-refractivity contribution in [2.45, 2.75) is 13.8 Å². The average Bonchev–Trinajstić information content (AvgIpc) is 2.64. The molecule has 8 heteroatoms. The largest absolute Gasteiger partial charge is 0.271 e. The summed E-state index contributed by atoms with van der Waals surface area (Å²) >= 11 is 0.